The lowest BCUT2D eigenvalue weighted by atomic mass is 10.1. The molecule has 1 atom stereocenters. The average molecular weight is 366 g/mol. The van der Waals surface area contributed by atoms with Crippen molar-refractivity contribution < 1.29 is 24.1 Å². The summed E-state index contributed by atoms with van der Waals surface area (Å²) in [5.74, 6) is 0.797. The summed E-state index contributed by atoms with van der Waals surface area (Å²) in [5.41, 5.74) is 0.993. The molecule has 0 aliphatic rings. The third-order valence-corrected chi connectivity index (χ3v) is 3.89. The highest BCUT2D eigenvalue weighted by molar-refractivity contribution is 6.30. The van der Waals surface area contributed by atoms with Crippen LogP contribution in [0.2, 0.25) is 5.02 Å². The Balaban J connectivity index is 2.11. The third kappa shape index (κ3) is 4.55. The van der Waals surface area contributed by atoms with Gasteiger partial charge in [0.1, 0.15) is 0 Å². The van der Waals surface area contributed by atoms with E-state index in [1.807, 2.05) is 0 Å². The van der Waals surface area contributed by atoms with E-state index >= 15 is 0 Å². The minimum absolute atomic E-state index is 0.0527. The van der Waals surface area contributed by atoms with E-state index < -0.39 is 6.10 Å². The molecule has 2 aromatic rings. The molecule has 0 spiro atoms. The van der Waals surface area contributed by atoms with Crippen LogP contribution >= 0.6 is 11.6 Å². The van der Waals surface area contributed by atoms with Gasteiger partial charge < -0.3 is 24.6 Å². The SMILES string of the molecule is COc1cc(C(=O)NCC(O)c2ccc(Cl)cc2)cc(OC)c1OC. The fourth-order valence-corrected chi connectivity index (χ4v) is 2.43. The van der Waals surface area contributed by atoms with Gasteiger partial charge in [0, 0.05) is 17.1 Å². The fourth-order valence-electron chi connectivity index (χ4n) is 2.31. The van der Waals surface area contributed by atoms with Gasteiger partial charge in [-0.3, -0.25) is 4.79 Å². The van der Waals surface area contributed by atoms with Crippen molar-refractivity contribution in [2.75, 3.05) is 27.9 Å². The predicted octanol–water partition coefficient (Wildman–Crippen LogP) is 2.83. The second kappa shape index (κ2) is 8.60. The zero-order valence-electron chi connectivity index (χ0n) is 14.2. The van der Waals surface area contributed by atoms with Crippen molar-refractivity contribution in [3.8, 4) is 17.2 Å². The summed E-state index contributed by atoms with van der Waals surface area (Å²) < 4.78 is 15.7. The molecule has 25 heavy (non-hydrogen) atoms. The minimum atomic E-state index is -0.844. The molecular formula is C18H20ClNO5. The number of carbonyl (C=O) groups excluding carboxylic acids is 1. The quantitative estimate of drug-likeness (QED) is 0.789. The molecular weight excluding hydrogens is 346 g/mol. The van der Waals surface area contributed by atoms with Gasteiger partial charge >= 0.3 is 0 Å². The standard InChI is InChI=1S/C18H20ClNO5/c1-23-15-8-12(9-16(24-2)17(15)25-3)18(22)20-10-14(21)11-4-6-13(19)7-5-11/h4-9,14,21H,10H2,1-3H3,(H,20,22). The molecule has 0 aromatic heterocycles. The number of aliphatic hydroxyl groups excluding tert-OH is 1. The molecule has 0 bridgehead atoms. The lowest BCUT2D eigenvalue weighted by molar-refractivity contribution is 0.0915. The Morgan fingerprint density at radius 1 is 1.08 bits per heavy atom. The fraction of sp³-hybridized carbons (Fsp3) is 0.278. The molecule has 6 nitrogen and oxygen atoms in total. The highest BCUT2D eigenvalue weighted by Gasteiger charge is 2.17. The largest absolute Gasteiger partial charge is 0.493 e. The molecule has 1 amide bonds. The van der Waals surface area contributed by atoms with Gasteiger partial charge in [0.25, 0.3) is 5.91 Å². The van der Waals surface area contributed by atoms with E-state index in [4.69, 9.17) is 25.8 Å². The van der Waals surface area contributed by atoms with Gasteiger partial charge in [-0.1, -0.05) is 23.7 Å². The summed E-state index contributed by atoms with van der Waals surface area (Å²) in [6.07, 6.45) is -0.844. The molecule has 0 radical (unpaired) electrons. The van der Waals surface area contributed by atoms with Crippen molar-refractivity contribution in [3.63, 3.8) is 0 Å². The monoisotopic (exact) mass is 365 g/mol. The normalized spacial score (nSPS) is 11.6. The van der Waals surface area contributed by atoms with Crippen LogP contribution in [0.25, 0.3) is 0 Å². The maximum Gasteiger partial charge on any atom is 0.251 e. The van der Waals surface area contributed by atoms with E-state index in [1.54, 1.807) is 36.4 Å². The van der Waals surface area contributed by atoms with Crippen LogP contribution < -0.4 is 19.5 Å². The number of hydrogen-bond acceptors (Lipinski definition) is 5. The van der Waals surface area contributed by atoms with Crippen LogP contribution in [0.15, 0.2) is 36.4 Å². The number of halogens is 1. The van der Waals surface area contributed by atoms with Crippen molar-refractivity contribution in [1.82, 2.24) is 5.32 Å². The number of amides is 1. The predicted molar refractivity (Wildman–Crippen MR) is 94.8 cm³/mol. The number of carbonyl (C=O) groups is 1. The molecule has 0 aliphatic carbocycles. The average Bonchev–Trinajstić information content (AvgIpc) is 2.64. The second-order valence-corrected chi connectivity index (χ2v) is 5.63. The smallest absolute Gasteiger partial charge is 0.251 e. The van der Waals surface area contributed by atoms with E-state index in [-0.39, 0.29) is 12.5 Å². The lowest BCUT2D eigenvalue weighted by Crippen LogP contribution is -2.28. The van der Waals surface area contributed by atoms with Crippen molar-refractivity contribution in [2.45, 2.75) is 6.10 Å². The first-order valence-electron chi connectivity index (χ1n) is 7.51. The van der Waals surface area contributed by atoms with Crippen LogP contribution in [0.4, 0.5) is 0 Å². The molecule has 0 aliphatic heterocycles. The van der Waals surface area contributed by atoms with Crippen molar-refractivity contribution >= 4 is 17.5 Å². The zero-order chi connectivity index (χ0) is 18.4. The van der Waals surface area contributed by atoms with Gasteiger partial charge in [-0.2, -0.15) is 0 Å². The molecule has 2 aromatic carbocycles. The maximum absolute atomic E-state index is 12.4. The van der Waals surface area contributed by atoms with Gasteiger partial charge in [0.2, 0.25) is 5.75 Å². The lowest BCUT2D eigenvalue weighted by Gasteiger charge is -2.15. The number of nitrogens with one attached hydrogen (secondary N) is 1. The number of ether oxygens (including phenoxy) is 3. The van der Waals surface area contributed by atoms with Gasteiger partial charge in [-0.25, -0.2) is 0 Å². The van der Waals surface area contributed by atoms with Crippen LogP contribution in [-0.4, -0.2) is 38.9 Å². The van der Waals surface area contributed by atoms with E-state index in [2.05, 4.69) is 5.32 Å². The summed E-state index contributed by atoms with van der Waals surface area (Å²) in [4.78, 5) is 12.4. The first-order chi connectivity index (χ1) is 12.0. The van der Waals surface area contributed by atoms with E-state index in [1.165, 1.54) is 21.3 Å². The van der Waals surface area contributed by atoms with Gasteiger partial charge in [0.15, 0.2) is 11.5 Å². The summed E-state index contributed by atoms with van der Waals surface area (Å²) in [6.45, 7) is 0.0527. The number of aliphatic hydroxyl groups is 1. The highest BCUT2D eigenvalue weighted by Crippen LogP contribution is 2.38. The van der Waals surface area contributed by atoms with Gasteiger partial charge in [-0.05, 0) is 29.8 Å². The zero-order valence-corrected chi connectivity index (χ0v) is 15.0. The highest BCUT2D eigenvalue weighted by atomic mass is 35.5. The Morgan fingerprint density at radius 3 is 2.12 bits per heavy atom. The van der Waals surface area contributed by atoms with Crippen molar-refractivity contribution in [2.24, 2.45) is 0 Å². The van der Waals surface area contributed by atoms with Crippen molar-refractivity contribution in [3.05, 3.63) is 52.5 Å². The van der Waals surface area contributed by atoms with Gasteiger partial charge in [0.05, 0.1) is 27.4 Å². The molecule has 2 N–H and O–H groups in total. The number of rotatable bonds is 7. The summed E-state index contributed by atoms with van der Waals surface area (Å²) in [6, 6.07) is 9.87. The van der Waals surface area contributed by atoms with E-state index in [0.717, 1.165) is 0 Å². The van der Waals surface area contributed by atoms with E-state index in [9.17, 15) is 9.90 Å². The number of methoxy groups -OCH3 is 3. The molecule has 2 rings (SSSR count). The second-order valence-electron chi connectivity index (χ2n) is 5.19. The molecule has 0 saturated carbocycles. The van der Waals surface area contributed by atoms with E-state index in [0.29, 0.717) is 33.4 Å². The first-order valence-corrected chi connectivity index (χ1v) is 7.89. The van der Waals surface area contributed by atoms with Crippen LogP contribution in [0.5, 0.6) is 17.2 Å². The first kappa shape index (κ1) is 18.9. The summed E-state index contributed by atoms with van der Waals surface area (Å²) in [5, 5.41) is 13.4. The van der Waals surface area contributed by atoms with Crippen LogP contribution in [-0.2, 0) is 0 Å². The summed E-state index contributed by atoms with van der Waals surface area (Å²) >= 11 is 5.82. The van der Waals surface area contributed by atoms with Crippen molar-refractivity contribution in [1.29, 1.82) is 0 Å². The molecule has 0 fully saturated rings. The Kier molecular flexibility index (Phi) is 6.50. The Hall–Kier alpha value is -2.44. The Labute approximate surface area is 151 Å². The van der Waals surface area contributed by atoms with Crippen LogP contribution in [0, 0.1) is 0 Å². The topological polar surface area (TPSA) is 77.0 Å². The molecule has 1 unspecified atom stereocenters. The maximum atomic E-state index is 12.4. The molecule has 7 heteroatoms. The Bertz CT molecular complexity index is 708. The third-order valence-electron chi connectivity index (χ3n) is 3.64. The summed E-state index contributed by atoms with van der Waals surface area (Å²) in [7, 11) is 4.44. The minimum Gasteiger partial charge on any atom is -0.493 e. The number of benzene rings is 2. The van der Waals surface area contributed by atoms with Crippen LogP contribution in [0.3, 0.4) is 0 Å². The molecule has 0 heterocycles. The number of hydrogen-bond donors (Lipinski definition) is 2. The molecule has 0 saturated heterocycles. The van der Waals surface area contributed by atoms with Crippen LogP contribution in [0.1, 0.15) is 22.0 Å². The Morgan fingerprint density at radius 2 is 1.64 bits per heavy atom. The molecule has 134 valence electrons. The van der Waals surface area contributed by atoms with Gasteiger partial charge in [-0.15, -0.1) is 0 Å².